The zero-order chi connectivity index (χ0) is 13.6. The van der Waals surface area contributed by atoms with Crippen molar-refractivity contribution in [2.45, 2.75) is 0 Å². The van der Waals surface area contributed by atoms with Gasteiger partial charge in [0.1, 0.15) is 0 Å². The molecule has 1 aromatic carbocycles. The number of benzene rings is 1. The lowest BCUT2D eigenvalue weighted by molar-refractivity contribution is -0.385. The fourth-order valence-corrected chi connectivity index (χ4v) is 3.26. The fraction of sp³-hybridized carbons (Fsp3) is 0.538. The van der Waals surface area contributed by atoms with E-state index in [-0.39, 0.29) is 5.69 Å². The summed E-state index contributed by atoms with van der Waals surface area (Å²) in [4.78, 5) is 15.0. The molecule has 102 valence electrons. The monoisotopic (exact) mass is 263 g/mol. The molecule has 0 bridgehead atoms. The Labute approximate surface area is 111 Å². The first-order chi connectivity index (χ1) is 9.03. The van der Waals surface area contributed by atoms with Crippen LogP contribution < -0.4 is 9.64 Å². The Kier molecular flexibility index (Phi) is 2.63. The van der Waals surface area contributed by atoms with E-state index in [2.05, 4.69) is 16.8 Å². The summed E-state index contributed by atoms with van der Waals surface area (Å²) in [6.07, 6.45) is 0. The molecule has 2 heterocycles. The molecule has 2 aliphatic heterocycles. The van der Waals surface area contributed by atoms with Crippen molar-refractivity contribution in [1.29, 1.82) is 0 Å². The Bertz CT molecular complexity index is 518. The van der Waals surface area contributed by atoms with Crippen LogP contribution in [0.5, 0.6) is 5.75 Å². The SMILES string of the molecule is COc1cc(N2CC3(CN(C)C3)C2)ccc1[N+](=O)[O-]. The summed E-state index contributed by atoms with van der Waals surface area (Å²) in [5, 5.41) is 10.8. The van der Waals surface area contributed by atoms with E-state index in [9.17, 15) is 10.1 Å². The first-order valence-electron chi connectivity index (χ1n) is 6.29. The van der Waals surface area contributed by atoms with Gasteiger partial charge in [0.25, 0.3) is 0 Å². The Morgan fingerprint density at radius 3 is 2.53 bits per heavy atom. The summed E-state index contributed by atoms with van der Waals surface area (Å²) in [6, 6.07) is 5.08. The van der Waals surface area contributed by atoms with Crippen molar-refractivity contribution in [3.05, 3.63) is 28.3 Å². The average Bonchev–Trinajstić information content (AvgIpc) is 2.31. The van der Waals surface area contributed by atoms with Crippen molar-refractivity contribution < 1.29 is 9.66 Å². The summed E-state index contributed by atoms with van der Waals surface area (Å²) in [5.41, 5.74) is 1.47. The normalized spacial score (nSPS) is 20.8. The van der Waals surface area contributed by atoms with Crippen LogP contribution in [0.25, 0.3) is 0 Å². The summed E-state index contributed by atoms with van der Waals surface area (Å²) in [6.45, 7) is 4.35. The quantitative estimate of drug-likeness (QED) is 0.608. The number of nitro benzene ring substituents is 1. The lowest BCUT2D eigenvalue weighted by Gasteiger charge is -2.60. The van der Waals surface area contributed by atoms with Crippen molar-refractivity contribution in [2.24, 2.45) is 5.41 Å². The van der Waals surface area contributed by atoms with Gasteiger partial charge in [-0.3, -0.25) is 10.1 Å². The second kappa shape index (κ2) is 4.09. The van der Waals surface area contributed by atoms with E-state index in [0.29, 0.717) is 11.2 Å². The number of hydrogen-bond acceptors (Lipinski definition) is 5. The van der Waals surface area contributed by atoms with Gasteiger partial charge in [-0.15, -0.1) is 0 Å². The third kappa shape index (κ3) is 1.92. The van der Waals surface area contributed by atoms with Gasteiger partial charge >= 0.3 is 5.69 Å². The minimum atomic E-state index is -0.416. The largest absolute Gasteiger partial charge is 0.490 e. The second-order valence-electron chi connectivity index (χ2n) is 5.64. The maximum absolute atomic E-state index is 10.8. The van der Waals surface area contributed by atoms with Crippen molar-refractivity contribution in [2.75, 3.05) is 45.2 Å². The van der Waals surface area contributed by atoms with E-state index in [1.165, 1.54) is 13.2 Å². The number of rotatable bonds is 3. The molecule has 6 heteroatoms. The van der Waals surface area contributed by atoms with Crippen LogP contribution in [-0.2, 0) is 0 Å². The highest BCUT2D eigenvalue weighted by Gasteiger charge is 2.50. The van der Waals surface area contributed by atoms with Crippen molar-refractivity contribution in [1.82, 2.24) is 4.90 Å². The van der Waals surface area contributed by atoms with Crippen LogP contribution in [0.2, 0.25) is 0 Å². The predicted octanol–water partition coefficient (Wildman–Crippen LogP) is 1.36. The lowest BCUT2D eigenvalue weighted by atomic mass is 9.73. The number of likely N-dealkylation sites (tertiary alicyclic amines) is 1. The minimum absolute atomic E-state index is 0.0184. The standard InChI is InChI=1S/C13H17N3O3/c1-14-6-13(7-14)8-15(9-13)10-3-4-11(16(17)18)12(5-10)19-2/h3-5H,6-9H2,1-2H3. The Balaban J connectivity index is 1.75. The zero-order valence-corrected chi connectivity index (χ0v) is 11.1. The maximum Gasteiger partial charge on any atom is 0.311 e. The van der Waals surface area contributed by atoms with E-state index in [1.54, 1.807) is 12.1 Å². The van der Waals surface area contributed by atoms with Crippen LogP contribution >= 0.6 is 0 Å². The van der Waals surface area contributed by atoms with E-state index >= 15 is 0 Å². The van der Waals surface area contributed by atoms with E-state index in [4.69, 9.17) is 4.74 Å². The highest BCUT2D eigenvalue weighted by Crippen LogP contribution is 2.42. The van der Waals surface area contributed by atoms with E-state index in [0.717, 1.165) is 31.9 Å². The molecule has 2 saturated heterocycles. The Morgan fingerprint density at radius 1 is 1.32 bits per heavy atom. The van der Waals surface area contributed by atoms with E-state index < -0.39 is 4.92 Å². The Morgan fingerprint density at radius 2 is 2.00 bits per heavy atom. The minimum Gasteiger partial charge on any atom is -0.490 e. The molecule has 2 fully saturated rings. The lowest BCUT2D eigenvalue weighted by Crippen LogP contribution is -2.71. The fourth-order valence-electron chi connectivity index (χ4n) is 3.26. The van der Waals surface area contributed by atoms with Gasteiger partial charge in [0.2, 0.25) is 0 Å². The summed E-state index contributed by atoms with van der Waals surface area (Å²) in [5.74, 6) is 0.328. The molecule has 0 N–H and O–H groups in total. The number of hydrogen-bond donors (Lipinski definition) is 0. The number of anilines is 1. The van der Waals surface area contributed by atoms with Crippen molar-refractivity contribution >= 4 is 11.4 Å². The average molecular weight is 263 g/mol. The molecular weight excluding hydrogens is 246 g/mol. The van der Waals surface area contributed by atoms with Crippen molar-refractivity contribution in [3.8, 4) is 5.75 Å². The van der Waals surface area contributed by atoms with Crippen LogP contribution in [0.15, 0.2) is 18.2 Å². The van der Waals surface area contributed by atoms with Crippen LogP contribution in [-0.4, -0.2) is 50.2 Å². The molecule has 0 saturated carbocycles. The molecule has 19 heavy (non-hydrogen) atoms. The smallest absolute Gasteiger partial charge is 0.311 e. The molecule has 6 nitrogen and oxygen atoms in total. The molecule has 0 amide bonds. The van der Waals surface area contributed by atoms with Gasteiger partial charge in [-0.2, -0.15) is 0 Å². The predicted molar refractivity (Wildman–Crippen MR) is 71.8 cm³/mol. The maximum atomic E-state index is 10.8. The molecule has 0 radical (unpaired) electrons. The molecule has 3 rings (SSSR count). The van der Waals surface area contributed by atoms with Crippen LogP contribution in [0.1, 0.15) is 0 Å². The van der Waals surface area contributed by atoms with Crippen molar-refractivity contribution in [3.63, 3.8) is 0 Å². The molecule has 0 unspecified atom stereocenters. The first kappa shape index (κ1) is 12.2. The third-order valence-corrected chi connectivity index (χ3v) is 3.99. The number of ether oxygens (including phenoxy) is 1. The molecule has 1 aromatic rings. The zero-order valence-electron chi connectivity index (χ0n) is 11.1. The first-order valence-corrected chi connectivity index (χ1v) is 6.29. The van der Waals surface area contributed by atoms with Gasteiger partial charge in [-0.1, -0.05) is 0 Å². The van der Waals surface area contributed by atoms with Crippen LogP contribution in [0.3, 0.4) is 0 Å². The van der Waals surface area contributed by atoms with Gasteiger partial charge in [0, 0.05) is 49.4 Å². The van der Waals surface area contributed by atoms with Gasteiger partial charge in [-0.05, 0) is 13.1 Å². The van der Waals surface area contributed by atoms with Crippen LogP contribution in [0.4, 0.5) is 11.4 Å². The molecular formula is C13H17N3O3. The summed E-state index contributed by atoms with van der Waals surface area (Å²) < 4.78 is 5.10. The summed E-state index contributed by atoms with van der Waals surface area (Å²) >= 11 is 0. The van der Waals surface area contributed by atoms with Gasteiger partial charge < -0.3 is 14.5 Å². The number of nitrogens with zero attached hydrogens (tertiary/aromatic N) is 3. The Hall–Kier alpha value is -1.82. The molecule has 0 aromatic heterocycles. The highest BCUT2D eigenvalue weighted by atomic mass is 16.6. The molecule has 2 aliphatic rings. The topological polar surface area (TPSA) is 58.8 Å². The molecule has 1 spiro atoms. The van der Waals surface area contributed by atoms with Crippen LogP contribution in [0, 0.1) is 15.5 Å². The number of nitro groups is 1. The van der Waals surface area contributed by atoms with Gasteiger partial charge in [-0.25, -0.2) is 0 Å². The molecule has 0 aliphatic carbocycles. The second-order valence-corrected chi connectivity index (χ2v) is 5.64. The summed E-state index contributed by atoms with van der Waals surface area (Å²) in [7, 11) is 3.59. The third-order valence-electron chi connectivity index (χ3n) is 3.99. The molecule has 0 atom stereocenters. The van der Waals surface area contributed by atoms with Gasteiger partial charge in [0.15, 0.2) is 5.75 Å². The van der Waals surface area contributed by atoms with Gasteiger partial charge in [0.05, 0.1) is 12.0 Å². The van der Waals surface area contributed by atoms with E-state index in [1.807, 2.05) is 0 Å². The number of methoxy groups -OCH3 is 1. The highest BCUT2D eigenvalue weighted by molar-refractivity contribution is 5.61.